The Kier molecular flexibility index (Phi) is 2.48. The largest absolute Gasteiger partial charge is 0.491 e. The van der Waals surface area contributed by atoms with E-state index in [2.05, 4.69) is 4.98 Å². The highest BCUT2D eigenvalue weighted by molar-refractivity contribution is 5.79. The molecule has 0 aliphatic heterocycles. The van der Waals surface area contributed by atoms with Crippen LogP contribution in [0, 0.1) is 0 Å². The summed E-state index contributed by atoms with van der Waals surface area (Å²) >= 11 is 0. The van der Waals surface area contributed by atoms with Crippen LogP contribution in [0.1, 0.15) is 19.3 Å². The Balaban J connectivity index is 1.76. The molecule has 3 nitrogen and oxygen atoms in total. The number of hydrogen-bond acceptors (Lipinski definition) is 3. The number of rotatable bonds is 3. The summed E-state index contributed by atoms with van der Waals surface area (Å²) in [4.78, 5) is 4.25. The summed E-state index contributed by atoms with van der Waals surface area (Å²) in [5, 5.41) is 11.0. The van der Waals surface area contributed by atoms with E-state index >= 15 is 0 Å². The van der Waals surface area contributed by atoms with Crippen LogP contribution in [0.15, 0.2) is 36.5 Å². The van der Waals surface area contributed by atoms with Crippen LogP contribution in [0.25, 0.3) is 10.9 Å². The Morgan fingerprint density at radius 3 is 2.94 bits per heavy atom. The minimum Gasteiger partial charge on any atom is -0.491 e. The number of aliphatic hydroxyl groups is 1. The topological polar surface area (TPSA) is 42.4 Å². The van der Waals surface area contributed by atoms with Crippen molar-refractivity contribution in [2.45, 2.75) is 24.9 Å². The van der Waals surface area contributed by atoms with E-state index in [1.54, 1.807) is 6.20 Å². The third-order valence-corrected chi connectivity index (χ3v) is 3.37. The highest BCUT2D eigenvalue weighted by Crippen LogP contribution is 2.32. The first kappa shape index (κ1) is 10.5. The summed E-state index contributed by atoms with van der Waals surface area (Å²) in [6, 6.07) is 9.72. The Morgan fingerprint density at radius 2 is 2.18 bits per heavy atom. The van der Waals surface area contributed by atoms with E-state index in [-0.39, 0.29) is 0 Å². The van der Waals surface area contributed by atoms with Gasteiger partial charge >= 0.3 is 0 Å². The zero-order valence-corrected chi connectivity index (χ0v) is 9.60. The van der Waals surface area contributed by atoms with Crippen molar-refractivity contribution in [2.75, 3.05) is 6.61 Å². The van der Waals surface area contributed by atoms with Gasteiger partial charge in [-0.3, -0.25) is 4.98 Å². The van der Waals surface area contributed by atoms with E-state index in [0.717, 1.165) is 35.9 Å². The van der Waals surface area contributed by atoms with Gasteiger partial charge in [-0.05, 0) is 43.5 Å². The zero-order chi connectivity index (χ0) is 11.7. The first-order chi connectivity index (χ1) is 8.25. The van der Waals surface area contributed by atoms with E-state index in [1.165, 1.54) is 0 Å². The molecule has 0 spiro atoms. The summed E-state index contributed by atoms with van der Waals surface area (Å²) in [5.74, 6) is 0.797. The Bertz CT molecular complexity index is 534. The molecule has 3 rings (SSSR count). The zero-order valence-electron chi connectivity index (χ0n) is 9.60. The van der Waals surface area contributed by atoms with Gasteiger partial charge in [0.25, 0.3) is 0 Å². The Hall–Kier alpha value is -1.61. The van der Waals surface area contributed by atoms with E-state index in [0.29, 0.717) is 6.61 Å². The predicted molar refractivity (Wildman–Crippen MR) is 66.0 cm³/mol. The second-order valence-corrected chi connectivity index (χ2v) is 4.72. The molecule has 0 amide bonds. The first-order valence-corrected chi connectivity index (χ1v) is 5.95. The van der Waals surface area contributed by atoms with Crippen LogP contribution in [-0.4, -0.2) is 22.3 Å². The molecule has 1 aliphatic carbocycles. The van der Waals surface area contributed by atoms with Crippen molar-refractivity contribution >= 4 is 10.9 Å². The van der Waals surface area contributed by atoms with Crippen molar-refractivity contribution in [1.29, 1.82) is 0 Å². The van der Waals surface area contributed by atoms with E-state index in [9.17, 15) is 5.11 Å². The van der Waals surface area contributed by atoms with Crippen LogP contribution >= 0.6 is 0 Å². The molecule has 88 valence electrons. The lowest BCUT2D eigenvalue weighted by atomic mass is 9.81. The van der Waals surface area contributed by atoms with Gasteiger partial charge in [0, 0.05) is 11.6 Å². The summed E-state index contributed by atoms with van der Waals surface area (Å²) < 4.78 is 5.64. The molecule has 0 radical (unpaired) electrons. The molecular formula is C14H15NO2. The van der Waals surface area contributed by atoms with Gasteiger partial charge in [0.15, 0.2) is 0 Å². The Morgan fingerprint density at radius 1 is 1.29 bits per heavy atom. The van der Waals surface area contributed by atoms with E-state index in [4.69, 9.17) is 4.74 Å². The third kappa shape index (κ3) is 2.11. The maximum Gasteiger partial charge on any atom is 0.120 e. The van der Waals surface area contributed by atoms with Crippen LogP contribution in [0.5, 0.6) is 5.75 Å². The van der Waals surface area contributed by atoms with Crippen molar-refractivity contribution in [2.24, 2.45) is 0 Å². The summed E-state index contributed by atoms with van der Waals surface area (Å²) in [6.45, 7) is 0.388. The fourth-order valence-electron chi connectivity index (χ4n) is 2.09. The molecule has 0 atom stereocenters. The van der Waals surface area contributed by atoms with Crippen LogP contribution < -0.4 is 4.74 Å². The molecule has 3 heteroatoms. The monoisotopic (exact) mass is 229 g/mol. The minimum absolute atomic E-state index is 0.388. The van der Waals surface area contributed by atoms with Gasteiger partial charge in [0.05, 0.1) is 11.1 Å². The third-order valence-electron chi connectivity index (χ3n) is 3.37. The number of benzene rings is 1. The van der Waals surface area contributed by atoms with Gasteiger partial charge in [-0.25, -0.2) is 0 Å². The highest BCUT2D eigenvalue weighted by Gasteiger charge is 2.35. The van der Waals surface area contributed by atoms with Crippen LogP contribution in [0.2, 0.25) is 0 Å². The minimum atomic E-state index is -0.593. The molecule has 0 unspecified atom stereocenters. The number of pyridine rings is 1. The van der Waals surface area contributed by atoms with Crippen LogP contribution in [0.4, 0.5) is 0 Å². The number of hydrogen-bond donors (Lipinski definition) is 1. The molecule has 1 aromatic heterocycles. The molecule has 1 heterocycles. The second-order valence-electron chi connectivity index (χ2n) is 4.72. The van der Waals surface area contributed by atoms with Crippen molar-refractivity contribution in [3.63, 3.8) is 0 Å². The quantitative estimate of drug-likeness (QED) is 0.879. The summed E-state index contributed by atoms with van der Waals surface area (Å²) in [5.41, 5.74) is 0.367. The van der Waals surface area contributed by atoms with Gasteiger partial charge in [-0.1, -0.05) is 6.07 Å². The maximum atomic E-state index is 9.95. The summed E-state index contributed by atoms with van der Waals surface area (Å²) in [6.07, 6.45) is 4.58. The molecule has 1 N–H and O–H groups in total. The average Bonchev–Trinajstić information content (AvgIpc) is 2.34. The van der Waals surface area contributed by atoms with Crippen molar-refractivity contribution in [1.82, 2.24) is 4.98 Å². The fraction of sp³-hybridized carbons (Fsp3) is 0.357. The molecule has 1 saturated carbocycles. The SMILES string of the molecule is OC1(COc2ccc3ncccc3c2)CCC1. The molecule has 0 bridgehead atoms. The molecule has 0 saturated heterocycles. The lowest BCUT2D eigenvalue weighted by Crippen LogP contribution is -2.42. The van der Waals surface area contributed by atoms with Gasteiger partial charge < -0.3 is 9.84 Å². The number of aromatic nitrogens is 1. The number of fused-ring (bicyclic) bond motifs is 1. The van der Waals surface area contributed by atoms with E-state index in [1.807, 2.05) is 30.3 Å². The lowest BCUT2D eigenvalue weighted by molar-refractivity contribution is -0.0663. The molecule has 1 aromatic carbocycles. The normalized spacial score (nSPS) is 17.7. The van der Waals surface area contributed by atoms with E-state index < -0.39 is 5.60 Å². The van der Waals surface area contributed by atoms with Crippen molar-refractivity contribution in [3.8, 4) is 5.75 Å². The fourth-order valence-corrected chi connectivity index (χ4v) is 2.09. The molecular weight excluding hydrogens is 214 g/mol. The number of ether oxygens (including phenoxy) is 1. The highest BCUT2D eigenvalue weighted by atomic mass is 16.5. The van der Waals surface area contributed by atoms with Gasteiger partial charge in [0.1, 0.15) is 12.4 Å². The number of nitrogens with zero attached hydrogens (tertiary/aromatic N) is 1. The van der Waals surface area contributed by atoms with Crippen LogP contribution in [0.3, 0.4) is 0 Å². The smallest absolute Gasteiger partial charge is 0.120 e. The molecule has 2 aromatic rings. The molecule has 1 fully saturated rings. The average molecular weight is 229 g/mol. The van der Waals surface area contributed by atoms with Gasteiger partial charge in [0.2, 0.25) is 0 Å². The van der Waals surface area contributed by atoms with Gasteiger partial charge in [-0.15, -0.1) is 0 Å². The lowest BCUT2D eigenvalue weighted by Gasteiger charge is -2.36. The maximum absolute atomic E-state index is 9.95. The van der Waals surface area contributed by atoms with Crippen molar-refractivity contribution < 1.29 is 9.84 Å². The second kappa shape index (κ2) is 4.00. The first-order valence-electron chi connectivity index (χ1n) is 5.95. The predicted octanol–water partition coefficient (Wildman–Crippen LogP) is 2.53. The summed E-state index contributed by atoms with van der Waals surface area (Å²) in [7, 11) is 0. The standard InChI is InChI=1S/C14H15NO2/c16-14(6-2-7-14)10-17-12-4-5-13-11(9-12)3-1-8-15-13/h1,3-5,8-9,16H,2,6-7,10H2. The van der Waals surface area contributed by atoms with Crippen molar-refractivity contribution in [3.05, 3.63) is 36.5 Å². The Labute approximate surface area is 100 Å². The van der Waals surface area contributed by atoms with Crippen LogP contribution in [-0.2, 0) is 0 Å². The molecule has 1 aliphatic rings. The molecule has 17 heavy (non-hydrogen) atoms. The van der Waals surface area contributed by atoms with Gasteiger partial charge in [-0.2, -0.15) is 0 Å².